The summed E-state index contributed by atoms with van der Waals surface area (Å²) in [4.78, 5) is 0. The van der Waals surface area contributed by atoms with Gasteiger partial charge in [0.2, 0.25) is 0 Å². The van der Waals surface area contributed by atoms with Crippen molar-refractivity contribution in [3.63, 3.8) is 0 Å². The fourth-order valence-electron chi connectivity index (χ4n) is 6.84. The molecule has 4 unspecified atom stereocenters. The molecule has 2 aliphatic carbocycles. The first-order valence-corrected chi connectivity index (χ1v) is 16.0. The molecule has 39 heavy (non-hydrogen) atoms. The van der Waals surface area contributed by atoms with Crippen LogP contribution in [0.15, 0.2) is 48.5 Å². The lowest BCUT2D eigenvalue weighted by Crippen LogP contribution is -2.30. The second-order valence-corrected chi connectivity index (χ2v) is 12.6. The zero-order valence-corrected chi connectivity index (χ0v) is 25.2. The Morgan fingerprint density at radius 2 is 1.51 bits per heavy atom. The lowest BCUT2D eigenvalue weighted by Gasteiger charge is -2.32. The molecule has 2 aromatic rings. The van der Waals surface area contributed by atoms with E-state index in [9.17, 15) is 0 Å². The third-order valence-electron chi connectivity index (χ3n) is 9.41. The predicted octanol–water partition coefficient (Wildman–Crippen LogP) is 9.62. The summed E-state index contributed by atoms with van der Waals surface area (Å²) >= 11 is 0. The third-order valence-corrected chi connectivity index (χ3v) is 9.41. The molecule has 2 saturated carbocycles. The highest BCUT2D eigenvalue weighted by molar-refractivity contribution is 5.36. The van der Waals surface area contributed by atoms with Crippen LogP contribution in [0.1, 0.15) is 119 Å². The molecule has 0 aliphatic heterocycles. The SMILES string of the molecule is CCC(C)COCC1CC(OC)CCCC(Oc2ccccc2C2CCCC(c3cccc(C)c3)CCC2)C1. The largest absolute Gasteiger partial charge is 0.490 e. The van der Waals surface area contributed by atoms with Gasteiger partial charge in [-0.25, -0.2) is 0 Å². The second-order valence-electron chi connectivity index (χ2n) is 12.6. The minimum atomic E-state index is 0.250. The van der Waals surface area contributed by atoms with Crippen LogP contribution >= 0.6 is 0 Å². The summed E-state index contributed by atoms with van der Waals surface area (Å²) in [5.41, 5.74) is 4.36. The van der Waals surface area contributed by atoms with Gasteiger partial charge in [0, 0.05) is 20.3 Å². The predicted molar refractivity (Wildman–Crippen MR) is 163 cm³/mol. The summed E-state index contributed by atoms with van der Waals surface area (Å²) in [6.07, 6.45) is 14.9. The van der Waals surface area contributed by atoms with Crippen molar-refractivity contribution in [1.29, 1.82) is 0 Å². The van der Waals surface area contributed by atoms with E-state index in [1.54, 1.807) is 5.56 Å². The maximum atomic E-state index is 6.90. The molecule has 2 aliphatic rings. The van der Waals surface area contributed by atoms with E-state index in [0.29, 0.717) is 29.8 Å². The Labute approximate surface area is 239 Å². The Morgan fingerprint density at radius 3 is 2.26 bits per heavy atom. The molecule has 3 heteroatoms. The fraction of sp³-hybridized carbons (Fsp3) is 0.667. The molecule has 0 heterocycles. The first kappa shape index (κ1) is 30.1. The van der Waals surface area contributed by atoms with Gasteiger partial charge in [0.05, 0.1) is 12.2 Å². The molecule has 0 aromatic heterocycles. The Morgan fingerprint density at radius 1 is 0.821 bits per heavy atom. The molecule has 2 fully saturated rings. The van der Waals surface area contributed by atoms with Gasteiger partial charge in [0.15, 0.2) is 0 Å². The number of ether oxygens (including phenoxy) is 3. The van der Waals surface area contributed by atoms with Gasteiger partial charge in [-0.1, -0.05) is 81.1 Å². The number of aryl methyl sites for hydroxylation is 1. The van der Waals surface area contributed by atoms with Gasteiger partial charge in [-0.05, 0) is 106 Å². The maximum Gasteiger partial charge on any atom is 0.123 e. The van der Waals surface area contributed by atoms with Crippen LogP contribution in [0.4, 0.5) is 0 Å². The van der Waals surface area contributed by atoms with Crippen LogP contribution in [0.25, 0.3) is 0 Å². The van der Waals surface area contributed by atoms with Gasteiger partial charge in [-0.3, -0.25) is 0 Å². The first-order chi connectivity index (χ1) is 19.1. The highest BCUT2D eigenvalue weighted by Gasteiger charge is 2.27. The van der Waals surface area contributed by atoms with Crippen LogP contribution in [0.2, 0.25) is 0 Å². The summed E-state index contributed by atoms with van der Waals surface area (Å²) in [6.45, 7) is 8.40. The number of hydrogen-bond donors (Lipinski definition) is 0. The van der Waals surface area contributed by atoms with E-state index in [2.05, 4.69) is 69.3 Å². The quantitative estimate of drug-likeness (QED) is 0.304. The van der Waals surface area contributed by atoms with Gasteiger partial charge in [0.1, 0.15) is 5.75 Å². The van der Waals surface area contributed by atoms with Gasteiger partial charge in [-0.15, -0.1) is 0 Å². The minimum absolute atomic E-state index is 0.250. The molecule has 4 atom stereocenters. The van der Waals surface area contributed by atoms with Gasteiger partial charge < -0.3 is 14.2 Å². The van der Waals surface area contributed by atoms with Gasteiger partial charge >= 0.3 is 0 Å². The molecule has 0 spiro atoms. The van der Waals surface area contributed by atoms with Crippen molar-refractivity contribution in [1.82, 2.24) is 0 Å². The monoisotopic (exact) mass is 534 g/mol. The Balaban J connectivity index is 1.38. The first-order valence-electron chi connectivity index (χ1n) is 16.0. The molecule has 2 aromatic carbocycles. The number of methoxy groups -OCH3 is 1. The second kappa shape index (κ2) is 15.8. The average Bonchev–Trinajstić information content (AvgIpc) is 2.91. The number of hydrogen-bond acceptors (Lipinski definition) is 3. The summed E-state index contributed by atoms with van der Waals surface area (Å²) < 4.78 is 18.9. The highest BCUT2D eigenvalue weighted by Crippen LogP contribution is 2.40. The van der Waals surface area contributed by atoms with Crippen molar-refractivity contribution in [3.8, 4) is 5.75 Å². The van der Waals surface area contributed by atoms with Crippen LogP contribution in [0.5, 0.6) is 5.75 Å². The summed E-state index contributed by atoms with van der Waals surface area (Å²) in [5.74, 6) is 3.54. The van der Waals surface area contributed by atoms with Crippen molar-refractivity contribution in [3.05, 3.63) is 65.2 Å². The van der Waals surface area contributed by atoms with E-state index >= 15 is 0 Å². The van der Waals surface area contributed by atoms with Crippen molar-refractivity contribution in [2.75, 3.05) is 20.3 Å². The molecule has 0 radical (unpaired) electrons. The van der Waals surface area contributed by atoms with E-state index in [1.807, 2.05) is 7.11 Å². The molecule has 0 saturated heterocycles. The molecule has 4 rings (SSSR count). The minimum Gasteiger partial charge on any atom is -0.490 e. The van der Waals surface area contributed by atoms with Crippen LogP contribution in [0.3, 0.4) is 0 Å². The Hall–Kier alpha value is -1.84. The van der Waals surface area contributed by atoms with Gasteiger partial charge in [0.25, 0.3) is 0 Å². The van der Waals surface area contributed by atoms with Crippen LogP contribution in [-0.4, -0.2) is 32.5 Å². The number of para-hydroxylation sites is 1. The molecule has 3 nitrogen and oxygen atoms in total. The van der Waals surface area contributed by atoms with E-state index in [1.165, 1.54) is 56.1 Å². The average molecular weight is 535 g/mol. The normalized spacial score (nSPS) is 27.5. The van der Waals surface area contributed by atoms with E-state index < -0.39 is 0 Å². The number of rotatable bonds is 10. The molecule has 0 amide bonds. The van der Waals surface area contributed by atoms with Crippen LogP contribution in [0, 0.1) is 18.8 Å². The van der Waals surface area contributed by atoms with Crippen molar-refractivity contribution < 1.29 is 14.2 Å². The van der Waals surface area contributed by atoms with Crippen LogP contribution < -0.4 is 4.74 Å². The standard InChI is InChI=1S/C36H54O3/c1-5-27(2)25-38-26-29-23-33(37-4)18-11-19-34(24-29)39-36-21-7-6-20-35(36)31-15-9-13-30(14-10-16-31)32-17-8-12-28(3)22-32/h6-8,12,17,20-22,27,29-31,33-34H,5,9-11,13-16,18-19,23-26H2,1-4H3. The summed E-state index contributed by atoms with van der Waals surface area (Å²) in [5, 5.41) is 0. The molecule has 0 N–H and O–H groups in total. The van der Waals surface area contributed by atoms with Crippen LogP contribution in [-0.2, 0) is 9.47 Å². The highest BCUT2D eigenvalue weighted by atomic mass is 16.5. The third kappa shape index (κ3) is 9.35. The molecular weight excluding hydrogens is 480 g/mol. The summed E-state index contributed by atoms with van der Waals surface area (Å²) in [6, 6.07) is 18.1. The zero-order valence-electron chi connectivity index (χ0n) is 25.2. The van der Waals surface area contributed by atoms with E-state index in [-0.39, 0.29) is 6.10 Å². The number of benzene rings is 2. The zero-order chi connectivity index (χ0) is 27.5. The molecule has 216 valence electrons. The van der Waals surface area contributed by atoms with Crippen molar-refractivity contribution in [2.45, 2.75) is 122 Å². The van der Waals surface area contributed by atoms with E-state index in [4.69, 9.17) is 14.2 Å². The lowest BCUT2D eigenvalue weighted by molar-refractivity contribution is 0.00542. The van der Waals surface area contributed by atoms with E-state index in [0.717, 1.165) is 51.1 Å². The van der Waals surface area contributed by atoms with Crippen molar-refractivity contribution >= 4 is 0 Å². The smallest absolute Gasteiger partial charge is 0.123 e. The Bertz CT molecular complexity index is 961. The molecular formula is C36H54O3. The Kier molecular flexibility index (Phi) is 12.2. The van der Waals surface area contributed by atoms with Crippen molar-refractivity contribution in [2.24, 2.45) is 11.8 Å². The summed E-state index contributed by atoms with van der Waals surface area (Å²) in [7, 11) is 1.87. The lowest BCUT2D eigenvalue weighted by atomic mass is 9.80. The van der Waals surface area contributed by atoms with Gasteiger partial charge in [-0.2, -0.15) is 0 Å². The topological polar surface area (TPSA) is 27.7 Å². The fourth-order valence-corrected chi connectivity index (χ4v) is 6.84. The molecule has 0 bridgehead atoms. The maximum absolute atomic E-state index is 6.90.